The zero-order chi connectivity index (χ0) is 14.9. The summed E-state index contributed by atoms with van der Waals surface area (Å²) < 4.78 is 2.43. The molecule has 0 aromatic carbocycles. The minimum Gasteiger partial charge on any atom is -0.341 e. The summed E-state index contributed by atoms with van der Waals surface area (Å²) in [4.78, 5) is 33.3. The lowest BCUT2D eigenvalue weighted by Gasteiger charge is -2.19. The van der Waals surface area contributed by atoms with Crippen molar-refractivity contribution in [3.63, 3.8) is 0 Å². The lowest BCUT2D eigenvalue weighted by Crippen LogP contribution is -2.36. The lowest BCUT2D eigenvalue weighted by molar-refractivity contribution is 0.708. The Balaban J connectivity index is 2.64. The highest BCUT2D eigenvalue weighted by Crippen LogP contribution is 2.13. The Morgan fingerprint density at radius 2 is 1.95 bits per heavy atom. The SMILES string of the molecule is CCCN(CCN)c1nc2c([nH]1)c(=O)n(C)c(=O)n2C. The van der Waals surface area contributed by atoms with Crippen molar-refractivity contribution in [2.75, 3.05) is 24.5 Å². The third kappa shape index (κ3) is 2.22. The van der Waals surface area contributed by atoms with Crippen LogP contribution in [0.5, 0.6) is 0 Å². The van der Waals surface area contributed by atoms with Gasteiger partial charge in [-0.05, 0) is 6.42 Å². The molecule has 2 aromatic heterocycles. The van der Waals surface area contributed by atoms with E-state index in [2.05, 4.69) is 16.9 Å². The molecule has 0 unspecified atom stereocenters. The molecule has 8 nitrogen and oxygen atoms in total. The second kappa shape index (κ2) is 5.49. The number of hydrogen-bond acceptors (Lipinski definition) is 5. The Bertz CT molecular complexity index is 720. The molecule has 2 rings (SSSR count). The lowest BCUT2D eigenvalue weighted by atomic mass is 10.4. The predicted octanol–water partition coefficient (Wildman–Crippen LogP) is -0.865. The van der Waals surface area contributed by atoms with Crippen LogP contribution in [-0.2, 0) is 14.1 Å². The number of rotatable bonds is 5. The summed E-state index contributed by atoms with van der Waals surface area (Å²) in [6.07, 6.45) is 0.938. The fourth-order valence-electron chi connectivity index (χ4n) is 2.21. The zero-order valence-corrected chi connectivity index (χ0v) is 12.0. The number of imidazole rings is 1. The summed E-state index contributed by atoms with van der Waals surface area (Å²) in [5.41, 5.74) is 5.54. The van der Waals surface area contributed by atoms with Crippen molar-refractivity contribution in [1.82, 2.24) is 19.1 Å². The average Bonchev–Trinajstić information content (AvgIpc) is 2.88. The number of anilines is 1. The van der Waals surface area contributed by atoms with Crippen molar-refractivity contribution in [3.8, 4) is 0 Å². The molecule has 0 aliphatic carbocycles. The van der Waals surface area contributed by atoms with Gasteiger partial charge in [0.25, 0.3) is 5.56 Å². The third-order valence-corrected chi connectivity index (χ3v) is 3.27. The second-order valence-electron chi connectivity index (χ2n) is 4.74. The minimum absolute atomic E-state index is 0.336. The first-order valence-electron chi connectivity index (χ1n) is 6.62. The number of nitrogens with one attached hydrogen (secondary N) is 1. The fourth-order valence-corrected chi connectivity index (χ4v) is 2.21. The van der Waals surface area contributed by atoms with Gasteiger partial charge in [0.1, 0.15) is 0 Å². The zero-order valence-electron chi connectivity index (χ0n) is 12.0. The van der Waals surface area contributed by atoms with Gasteiger partial charge in [-0.15, -0.1) is 0 Å². The Hall–Kier alpha value is -2.09. The van der Waals surface area contributed by atoms with E-state index < -0.39 is 0 Å². The highest BCUT2D eigenvalue weighted by atomic mass is 16.2. The van der Waals surface area contributed by atoms with Gasteiger partial charge in [0, 0.05) is 33.7 Å². The Morgan fingerprint density at radius 1 is 1.25 bits per heavy atom. The first kappa shape index (κ1) is 14.3. The molecule has 0 saturated heterocycles. The summed E-state index contributed by atoms with van der Waals surface area (Å²) in [5, 5.41) is 0. The molecule has 0 spiro atoms. The number of hydrogen-bond donors (Lipinski definition) is 2. The smallest absolute Gasteiger partial charge is 0.332 e. The third-order valence-electron chi connectivity index (χ3n) is 3.27. The molecule has 0 aliphatic rings. The van der Waals surface area contributed by atoms with E-state index in [1.54, 1.807) is 7.05 Å². The van der Waals surface area contributed by atoms with Crippen LogP contribution in [0.2, 0.25) is 0 Å². The van der Waals surface area contributed by atoms with Crippen molar-refractivity contribution in [2.24, 2.45) is 19.8 Å². The molecule has 20 heavy (non-hydrogen) atoms. The molecule has 0 aliphatic heterocycles. The highest BCUT2D eigenvalue weighted by Gasteiger charge is 2.16. The Morgan fingerprint density at radius 3 is 2.55 bits per heavy atom. The summed E-state index contributed by atoms with van der Waals surface area (Å²) in [5.74, 6) is 0.575. The van der Waals surface area contributed by atoms with E-state index in [-0.39, 0.29) is 11.2 Å². The maximum atomic E-state index is 12.1. The van der Waals surface area contributed by atoms with E-state index >= 15 is 0 Å². The van der Waals surface area contributed by atoms with Gasteiger partial charge < -0.3 is 15.6 Å². The van der Waals surface area contributed by atoms with Crippen LogP contribution in [0.15, 0.2) is 9.59 Å². The van der Waals surface area contributed by atoms with E-state index in [4.69, 9.17) is 5.73 Å². The summed E-state index contributed by atoms with van der Waals surface area (Å²) in [6, 6.07) is 0. The number of H-pyrrole nitrogens is 1. The number of nitrogens with two attached hydrogens (primary N) is 1. The Labute approximate surface area is 115 Å². The average molecular weight is 280 g/mol. The Kier molecular flexibility index (Phi) is 3.93. The second-order valence-corrected chi connectivity index (χ2v) is 4.74. The van der Waals surface area contributed by atoms with Crippen LogP contribution in [0.4, 0.5) is 5.95 Å². The molecule has 110 valence electrons. The molecule has 3 N–H and O–H groups in total. The maximum absolute atomic E-state index is 12.1. The molecule has 2 aromatic rings. The van der Waals surface area contributed by atoms with Gasteiger partial charge in [-0.1, -0.05) is 6.92 Å². The molecular weight excluding hydrogens is 260 g/mol. The molecule has 0 saturated carbocycles. The molecule has 2 heterocycles. The van der Waals surface area contributed by atoms with Gasteiger partial charge >= 0.3 is 5.69 Å². The molecule has 0 radical (unpaired) electrons. The van der Waals surface area contributed by atoms with Crippen LogP contribution in [-0.4, -0.2) is 38.7 Å². The topological polar surface area (TPSA) is 102 Å². The number of aromatic nitrogens is 4. The van der Waals surface area contributed by atoms with E-state index in [1.165, 1.54) is 11.6 Å². The van der Waals surface area contributed by atoms with Gasteiger partial charge in [0.2, 0.25) is 5.95 Å². The summed E-state index contributed by atoms with van der Waals surface area (Å²) in [6.45, 7) is 3.97. The van der Waals surface area contributed by atoms with Crippen LogP contribution in [0, 0.1) is 0 Å². The first-order valence-corrected chi connectivity index (χ1v) is 6.62. The monoisotopic (exact) mass is 280 g/mol. The molecule has 0 amide bonds. The molecular formula is C12H20N6O2. The largest absolute Gasteiger partial charge is 0.341 e. The van der Waals surface area contributed by atoms with Crippen molar-refractivity contribution >= 4 is 17.1 Å². The quantitative estimate of drug-likeness (QED) is 0.741. The van der Waals surface area contributed by atoms with Crippen molar-refractivity contribution in [1.29, 1.82) is 0 Å². The van der Waals surface area contributed by atoms with Gasteiger partial charge in [-0.25, -0.2) is 4.79 Å². The van der Waals surface area contributed by atoms with Crippen molar-refractivity contribution in [3.05, 3.63) is 20.8 Å². The van der Waals surface area contributed by atoms with E-state index in [1.807, 2.05) is 4.90 Å². The van der Waals surface area contributed by atoms with Gasteiger partial charge in [0.05, 0.1) is 0 Å². The van der Waals surface area contributed by atoms with E-state index in [0.29, 0.717) is 30.2 Å². The van der Waals surface area contributed by atoms with Crippen molar-refractivity contribution in [2.45, 2.75) is 13.3 Å². The van der Waals surface area contributed by atoms with E-state index in [0.717, 1.165) is 17.5 Å². The number of aromatic amines is 1. The number of nitrogens with zero attached hydrogens (tertiary/aromatic N) is 4. The predicted molar refractivity (Wildman–Crippen MR) is 78.1 cm³/mol. The van der Waals surface area contributed by atoms with Crippen LogP contribution in [0.3, 0.4) is 0 Å². The normalized spacial score (nSPS) is 11.2. The fraction of sp³-hybridized carbons (Fsp3) is 0.583. The van der Waals surface area contributed by atoms with Crippen LogP contribution in [0.25, 0.3) is 11.2 Å². The summed E-state index contributed by atoms with van der Waals surface area (Å²) >= 11 is 0. The number of aryl methyl sites for hydroxylation is 1. The standard InChI is InChI=1S/C12H20N6O2/c1-4-6-18(7-5-13)11-14-8-9(15-11)16(2)12(20)17(3)10(8)19/h4-7,13H2,1-3H3,(H,14,15). The maximum Gasteiger partial charge on any atom is 0.332 e. The molecule has 8 heteroatoms. The van der Waals surface area contributed by atoms with Crippen LogP contribution in [0.1, 0.15) is 13.3 Å². The van der Waals surface area contributed by atoms with Gasteiger partial charge in [0.15, 0.2) is 11.2 Å². The number of fused-ring (bicyclic) bond motifs is 1. The highest BCUT2D eigenvalue weighted by molar-refractivity contribution is 5.72. The van der Waals surface area contributed by atoms with Gasteiger partial charge in [-0.3, -0.25) is 13.9 Å². The summed E-state index contributed by atoms with van der Waals surface area (Å²) in [7, 11) is 3.05. The van der Waals surface area contributed by atoms with Gasteiger partial charge in [-0.2, -0.15) is 4.98 Å². The van der Waals surface area contributed by atoms with Crippen LogP contribution >= 0.6 is 0 Å². The van der Waals surface area contributed by atoms with Crippen LogP contribution < -0.4 is 21.9 Å². The van der Waals surface area contributed by atoms with E-state index in [9.17, 15) is 9.59 Å². The first-order chi connectivity index (χ1) is 9.51. The molecule has 0 bridgehead atoms. The molecule has 0 atom stereocenters. The minimum atomic E-state index is -0.388. The van der Waals surface area contributed by atoms with Crippen molar-refractivity contribution < 1.29 is 0 Å². The molecule has 0 fully saturated rings.